The zero-order valence-electron chi connectivity index (χ0n) is 18.4. The molecule has 0 spiro atoms. The normalized spacial score (nSPS) is 11.2. The van der Waals surface area contributed by atoms with Gasteiger partial charge in [0.05, 0.1) is 24.3 Å². The van der Waals surface area contributed by atoms with Crippen LogP contribution in [0, 0.1) is 22.7 Å². The Bertz CT molecular complexity index is 1350. The van der Waals surface area contributed by atoms with E-state index in [1.54, 1.807) is 48.5 Å². The summed E-state index contributed by atoms with van der Waals surface area (Å²) in [5, 5.41) is 20.9. The van der Waals surface area contributed by atoms with Crippen molar-refractivity contribution in [2.24, 2.45) is 0 Å². The Morgan fingerprint density at radius 3 is 2.49 bits per heavy atom. The van der Waals surface area contributed by atoms with Crippen molar-refractivity contribution in [3.8, 4) is 23.6 Å². The van der Waals surface area contributed by atoms with Crippen molar-refractivity contribution in [2.75, 3.05) is 12.4 Å². The van der Waals surface area contributed by atoms with E-state index in [0.29, 0.717) is 28.2 Å². The van der Waals surface area contributed by atoms with Gasteiger partial charge >= 0.3 is 6.18 Å². The molecule has 35 heavy (non-hydrogen) atoms. The minimum absolute atomic E-state index is 0.0926. The van der Waals surface area contributed by atoms with Gasteiger partial charge < -0.3 is 14.8 Å². The van der Waals surface area contributed by atoms with Gasteiger partial charge in [0.2, 0.25) is 0 Å². The zero-order chi connectivity index (χ0) is 25.4. The van der Waals surface area contributed by atoms with Gasteiger partial charge in [0.15, 0.2) is 11.5 Å². The Hall–Kier alpha value is -4.76. The molecule has 0 saturated heterocycles. The number of nitriles is 2. The van der Waals surface area contributed by atoms with Crippen molar-refractivity contribution < 1.29 is 27.4 Å². The number of hydrogen-bond donors (Lipinski definition) is 1. The summed E-state index contributed by atoms with van der Waals surface area (Å²) in [5.74, 6) is -0.160. The van der Waals surface area contributed by atoms with Gasteiger partial charge in [-0.05, 0) is 48.0 Å². The zero-order valence-corrected chi connectivity index (χ0v) is 18.4. The van der Waals surface area contributed by atoms with E-state index in [-0.39, 0.29) is 17.9 Å². The first kappa shape index (κ1) is 24.9. The van der Waals surface area contributed by atoms with Gasteiger partial charge in [0, 0.05) is 11.3 Å². The quantitative estimate of drug-likeness (QED) is 0.347. The van der Waals surface area contributed by atoms with E-state index in [9.17, 15) is 28.5 Å². The second kappa shape index (κ2) is 10.9. The highest BCUT2D eigenvalue weighted by molar-refractivity contribution is 6.09. The Labute approximate surface area is 199 Å². The molecule has 9 heteroatoms. The van der Waals surface area contributed by atoms with Gasteiger partial charge in [0.1, 0.15) is 18.2 Å². The number of ether oxygens (including phenoxy) is 2. The molecular formula is C26H18F3N3O3. The molecule has 6 nitrogen and oxygen atoms in total. The van der Waals surface area contributed by atoms with Crippen molar-refractivity contribution in [3.63, 3.8) is 0 Å². The van der Waals surface area contributed by atoms with Gasteiger partial charge in [-0.15, -0.1) is 0 Å². The van der Waals surface area contributed by atoms with Crippen molar-refractivity contribution in [2.45, 2.75) is 12.8 Å². The minimum Gasteiger partial charge on any atom is -0.493 e. The van der Waals surface area contributed by atoms with Crippen LogP contribution < -0.4 is 14.8 Å². The van der Waals surface area contributed by atoms with Crippen LogP contribution in [0.2, 0.25) is 0 Å². The molecule has 0 saturated carbocycles. The number of methoxy groups -OCH3 is 1. The third-order valence-corrected chi connectivity index (χ3v) is 4.83. The summed E-state index contributed by atoms with van der Waals surface area (Å²) >= 11 is 0. The highest BCUT2D eigenvalue weighted by Crippen LogP contribution is 2.31. The van der Waals surface area contributed by atoms with Gasteiger partial charge in [-0.2, -0.15) is 23.7 Å². The minimum atomic E-state index is -4.56. The van der Waals surface area contributed by atoms with Crippen LogP contribution in [0.25, 0.3) is 6.08 Å². The number of amides is 1. The Morgan fingerprint density at radius 1 is 1.03 bits per heavy atom. The van der Waals surface area contributed by atoms with Gasteiger partial charge in [-0.3, -0.25) is 4.79 Å². The lowest BCUT2D eigenvalue weighted by Gasteiger charge is -2.12. The SMILES string of the molecule is COc1cc(/C=C(/C#N)C(=O)Nc2cccc(C(F)(F)F)c2)ccc1OCc1ccccc1C#N. The molecular weight excluding hydrogens is 459 g/mol. The second-order valence-corrected chi connectivity index (χ2v) is 7.17. The number of anilines is 1. The number of alkyl halides is 3. The molecule has 1 N–H and O–H groups in total. The number of halogens is 3. The summed E-state index contributed by atoms with van der Waals surface area (Å²) in [4.78, 5) is 12.5. The number of nitrogens with one attached hydrogen (secondary N) is 1. The number of nitrogens with zero attached hydrogens (tertiary/aromatic N) is 2. The van der Waals surface area contributed by atoms with Crippen LogP contribution in [0.3, 0.4) is 0 Å². The summed E-state index contributed by atoms with van der Waals surface area (Å²) < 4.78 is 49.8. The third-order valence-electron chi connectivity index (χ3n) is 4.83. The molecule has 0 aliphatic rings. The fourth-order valence-electron chi connectivity index (χ4n) is 3.09. The summed E-state index contributed by atoms with van der Waals surface area (Å²) in [5.41, 5.74) is 0.277. The lowest BCUT2D eigenvalue weighted by atomic mass is 10.1. The predicted octanol–water partition coefficient (Wildman–Crippen LogP) is 5.71. The van der Waals surface area contributed by atoms with Crippen LogP contribution in [-0.2, 0) is 17.6 Å². The second-order valence-electron chi connectivity index (χ2n) is 7.17. The smallest absolute Gasteiger partial charge is 0.416 e. The van der Waals surface area contributed by atoms with Crippen LogP contribution in [0.15, 0.2) is 72.3 Å². The van der Waals surface area contributed by atoms with Crippen LogP contribution >= 0.6 is 0 Å². The molecule has 0 bridgehead atoms. The average molecular weight is 477 g/mol. The molecule has 0 radical (unpaired) electrons. The first-order valence-electron chi connectivity index (χ1n) is 10.1. The van der Waals surface area contributed by atoms with Crippen LogP contribution in [0.1, 0.15) is 22.3 Å². The molecule has 0 heterocycles. The van der Waals surface area contributed by atoms with E-state index in [1.165, 1.54) is 19.3 Å². The van der Waals surface area contributed by atoms with Gasteiger partial charge in [-0.25, -0.2) is 0 Å². The molecule has 0 aliphatic carbocycles. The van der Waals surface area contributed by atoms with E-state index < -0.39 is 17.6 Å². The highest BCUT2D eigenvalue weighted by Gasteiger charge is 2.30. The molecule has 0 fully saturated rings. The third kappa shape index (κ3) is 6.40. The molecule has 176 valence electrons. The van der Waals surface area contributed by atoms with E-state index in [4.69, 9.17) is 9.47 Å². The van der Waals surface area contributed by atoms with E-state index in [1.807, 2.05) is 0 Å². The molecule has 0 unspecified atom stereocenters. The first-order chi connectivity index (χ1) is 16.7. The van der Waals surface area contributed by atoms with E-state index in [0.717, 1.165) is 18.2 Å². The maximum atomic E-state index is 12.9. The number of rotatable bonds is 7. The molecule has 1 amide bonds. The van der Waals surface area contributed by atoms with Gasteiger partial charge in [0.25, 0.3) is 5.91 Å². The summed E-state index contributed by atoms with van der Waals surface area (Å²) in [6.45, 7) is 0.123. The Kier molecular flexibility index (Phi) is 7.75. The summed E-state index contributed by atoms with van der Waals surface area (Å²) in [6, 6.07) is 19.7. The largest absolute Gasteiger partial charge is 0.493 e. The fraction of sp³-hybridized carbons (Fsp3) is 0.115. The standard InChI is InChI=1S/C26H18F3N3O3/c1-34-24-12-17(9-10-23(24)35-16-19-6-3-2-5-18(19)14-30)11-20(15-31)25(33)32-22-8-4-7-21(13-22)26(27,28)29/h2-13H,16H2,1H3,(H,32,33)/b20-11-. The van der Waals surface area contributed by atoms with E-state index >= 15 is 0 Å². The fourth-order valence-corrected chi connectivity index (χ4v) is 3.09. The van der Waals surface area contributed by atoms with Crippen LogP contribution in [-0.4, -0.2) is 13.0 Å². The number of carbonyl (C=O) groups excluding carboxylic acids is 1. The molecule has 0 atom stereocenters. The molecule has 0 aromatic heterocycles. The molecule has 3 rings (SSSR count). The number of carbonyl (C=O) groups is 1. The monoisotopic (exact) mass is 477 g/mol. The topological polar surface area (TPSA) is 95.1 Å². The molecule has 0 aliphatic heterocycles. The average Bonchev–Trinajstić information content (AvgIpc) is 2.86. The number of hydrogen-bond acceptors (Lipinski definition) is 5. The van der Waals surface area contributed by atoms with Crippen LogP contribution in [0.4, 0.5) is 18.9 Å². The molecule has 3 aromatic carbocycles. The molecule has 3 aromatic rings. The summed E-state index contributed by atoms with van der Waals surface area (Å²) in [6.07, 6.45) is -3.29. The van der Waals surface area contributed by atoms with Crippen molar-refractivity contribution >= 4 is 17.7 Å². The Morgan fingerprint density at radius 2 is 1.80 bits per heavy atom. The van der Waals surface area contributed by atoms with Crippen molar-refractivity contribution in [1.82, 2.24) is 0 Å². The summed E-state index contributed by atoms with van der Waals surface area (Å²) in [7, 11) is 1.42. The van der Waals surface area contributed by atoms with Crippen molar-refractivity contribution in [3.05, 3.63) is 94.6 Å². The lowest BCUT2D eigenvalue weighted by molar-refractivity contribution is -0.137. The first-order valence-corrected chi connectivity index (χ1v) is 10.1. The number of benzene rings is 3. The van der Waals surface area contributed by atoms with Crippen molar-refractivity contribution in [1.29, 1.82) is 10.5 Å². The van der Waals surface area contributed by atoms with E-state index in [2.05, 4.69) is 11.4 Å². The van der Waals surface area contributed by atoms with Crippen LogP contribution in [0.5, 0.6) is 11.5 Å². The maximum Gasteiger partial charge on any atom is 0.416 e. The van der Waals surface area contributed by atoms with Gasteiger partial charge in [-0.1, -0.05) is 30.3 Å². The highest BCUT2D eigenvalue weighted by atomic mass is 19.4. The lowest BCUT2D eigenvalue weighted by Crippen LogP contribution is -2.14. The Balaban J connectivity index is 1.78. The predicted molar refractivity (Wildman–Crippen MR) is 122 cm³/mol. The maximum absolute atomic E-state index is 12.9.